The number of Topliss-reactive ketones (excluding diaryl/α,β-unsaturated/α-hetero) is 1. The molecule has 0 radical (unpaired) electrons. The van der Waals surface area contributed by atoms with Crippen LogP contribution in [0.25, 0.3) is 0 Å². The number of halogens is 5. The summed E-state index contributed by atoms with van der Waals surface area (Å²) in [6, 6.07) is 3.26. The normalized spacial score (nSPS) is 16.6. The van der Waals surface area contributed by atoms with Crippen LogP contribution in [0.3, 0.4) is 0 Å². The number of carbonyl (C=O) groups is 1. The third-order valence-corrected chi connectivity index (χ3v) is 3.58. The second kappa shape index (κ2) is 15.5. The predicted octanol–water partition coefficient (Wildman–Crippen LogP) is 4.51. The van der Waals surface area contributed by atoms with E-state index in [1.807, 2.05) is 12.3 Å². The van der Waals surface area contributed by atoms with Gasteiger partial charge in [0.15, 0.2) is 0 Å². The van der Waals surface area contributed by atoms with Crippen LogP contribution in [0.15, 0.2) is 24.0 Å². The monoisotopic (exact) mass is 645 g/mol. The summed E-state index contributed by atoms with van der Waals surface area (Å²) < 4.78 is 36.0. The van der Waals surface area contributed by atoms with Gasteiger partial charge in [0.1, 0.15) is 11.6 Å². The first-order chi connectivity index (χ1) is 12.8. The van der Waals surface area contributed by atoms with E-state index in [0.29, 0.717) is 22.6 Å². The van der Waals surface area contributed by atoms with Crippen molar-refractivity contribution < 1.29 is 27.4 Å². The Kier molecular flexibility index (Phi) is 15.2. The van der Waals surface area contributed by atoms with Gasteiger partial charge in [0.25, 0.3) is 5.78 Å². The zero-order valence-electron chi connectivity index (χ0n) is 14.4. The molecule has 0 saturated carbocycles. The van der Waals surface area contributed by atoms with E-state index >= 15 is 0 Å². The number of carbonyl (C=O) groups excluding carboxylic acids is 1. The predicted molar refractivity (Wildman–Crippen MR) is 109 cm³/mol. The topological polar surface area (TPSA) is 71.1 Å². The molecule has 0 aromatic heterocycles. The van der Waals surface area contributed by atoms with Gasteiger partial charge in [0.05, 0.1) is 6.07 Å². The van der Waals surface area contributed by atoms with Gasteiger partial charge in [-0.3, -0.25) is 4.79 Å². The van der Waals surface area contributed by atoms with E-state index in [4.69, 9.17) is 10.5 Å². The van der Waals surface area contributed by atoms with E-state index < -0.39 is 17.5 Å². The Morgan fingerprint density at radius 3 is 1.81 bits per heavy atom. The molecule has 149 valence electrons. The molecule has 0 bridgehead atoms. The van der Waals surface area contributed by atoms with Crippen LogP contribution in [0.5, 0.6) is 0 Å². The number of nitriles is 2. The fourth-order valence-corrected chi connectivity index (χ4v) is 2.37. The summed E-state index contributed by atoms with van der Waals surface area (Å²) in [7, 11) is 0.628. The van der Waals surface area contributed by atoms with Crippen LogP contribution in [-0.4, -0.2) is 47.9 Å². The van der Waals surface area contributed by atoms with Gasteiger partial charge in [-0.2, -0.15) is 23.7 Å². The molecule has 0 N–H and O–H groups in total. The van der Waals surface area contributed by atoms with Crippen LogP contribution in [-0.2, 0) is 14.3 Å². The molecule has 0 amide bonds. The number of hydrogen-bond acceptors (Lipinski definition) is 5. The van der Waals surface area contributed by atoms with Gasteiger partial charge in [-0.05, 0) is 25.7 Å². The number of ketones is 1. The standard InChI is InChI=1S/C9H9F3N2O.C7H10N2.2HI.V/c10-9(11,12)8(15)7(5-13)6-14-3-1-2-4-14;8-4-3-7-9-5-1-2-6-9;;;/h6H,1-4H2;3,7H,1-2,5-6H2;2*1H;/q;;;;+2/p-2/b;7-3-;;;. The van der Waals surface area contributed by atoms with Crippen molar-refractivity contribution in [3.05, 3.63) is 24.0 Å². The molecule has 2 rings (SSSR count). The Hall–Kier alpha value is -0.436. The van der Waals surface area contributed by atoms with E-state index in [9.17, 15) is 18.0 Å². The van der Waals surface area contributed by atoms with E-state index in [2.05, 4.69) is 44.9 Å². The molecule has 11 heteroatoms. The van der Waals surface area contributed by atoms with Crippen LogP contribution < -0.4 is 0 Å². The summed E-state index contributed by atoms with van der Waals surface area (Å²) in [6.45, 7) is 3.43. The summed E-state index contributed by atoms with van der Waals surface area (Å²) in [5, 5.41) is 16.6. The van der Waals surface area contributed by atoms with Crippen LogP contribution in [0.4, 0.5) is 13.2 Å². The minimum absolute atomic E-state index is 0.594. The maximum atomic E-state index is 12.0. The van der Waals surface area contributed by atoms with Crippen molar-refractivity contribution in [3.8, 4) is 12.1 Å². The molecule has 2 fully saturated rings. The molecule has 0 aliphatic carbocycles. The number of alkyl halides is 3. The average Bonchev–Trinajstić information content (AvgIpc) is 3.31. The van der Waals surface area contributed by atoms with Crippen molar-refractivity contribution in [3.63, 3.8) is 0 Å². The molecule has 27 heavy (non-hydrogen) atoms. The summed E-state index contributed by atoms with van der Waals surface area (Å²) in [6.07, 6.45) is 3.72. The van der Waals surface area contributed by atoms with E-state index in [1.165, 1.54) is 25.0 Å². The van der Waals surface area contributed by atoms with Crippen LogP contribution in [0.2, 0.25) is 0 Å². The second-order valence-electron chi connectivity index (χ2n) is 5.48. The molecule has 5 nitrogen and oxygen atoms in total. The first-order valence-corrected chi connectivity index (χ1v) is 17.0. The summed E-state index contributed by atoms with van der Waals surface area (Å²) >= 11 is 4.74. The third-order valence-electron chi connectivity index (χ3n) is 3.58. The Balaban J connectivity index is 0.000000477. The van der Waals surface area contributed by atoms with Gasteiger partial charge >= 0.3 is 55.6 Å². The van der Waals surface area contributed by atoms with Gasteiger partial charge in [0, 0.05) is 44.7 Å². The van der Waals surface area contributed by atoms with Gasteiger partial charge in [-0.1, -0.05) is 0 Å². The molecule has 2 heterocycles. The molecule has 2 aliphatic rings. The second-order valence-corrected chi connectivity index (χ2v) is 17.3. The van der Waals surface area contributed by atoms with Crippen molar-refractivity contribution >= 4 is 45.7 Å². The summed E-state index contributed by atoms with van der Waals surface area (Å²) in [5.41, 5.74) is -0.843. The molecule has 0 atom stereocenters. The Morgan fingerprint density at radius 1 is 1.00 bits per heavy atom. The number of allylic oxidation sites excluding steroid dienone is 2. The Bertz CT molecular complexity index is 588. The molecule has 2 saturated heterocycles. The van der Waals surface area contributed by atoms with Gasteiger partial charge in [0.2, 0.25) is 0 Å². The Labute approximate surface area is 186 Å². The van der Waals surface area contributed by atoms with Gasteiger partial charge in [-0.15, -0.1) is 0 Å². The molecular weight excluding hydrogens is 626 g/mol. The number of rotatable bonds is 3. The zero-order valence-corrected chi connectivity index (χ0v) is 20.1. The summed E-state index contributed by atoms with van der Waals surface area (Å²) in [5.74, 6) is -2.07. The third kappa shape index (κ3) is 12.6. The molecule has 0 spiro atoms. The van der Waals surface area contributed by atoms with Crippen molar-refractivity contribution in [1.29, 1.82) is 10.5 Å². The summed E-state index contributed by atoms with van der Waals surface area (Å²) in [4.78, 5) is 14.5. The van der Waals surface area contributed by atoms with Crippen molar-refractivity contribution in [2.24, 2.45) is 0 Å². The number of hydrogen-bond donors (Lipinski definition) is 0. The van der Waals surface area contributed by atoms with Crippen LogP contribution in [0.1, 0.15) is 25.7 Å². The van der Waals surface area contributed by atoms with E-state index in [-0.39, 0.29) is 0 Å². The molecule has 0 unspecified atom stereocenters. The molecule has 2 aliphatic heterocycles. The van der Waals surface area contributed by atoms with Gasteiger partial charge in [-0.25, -0.2) is 0 Å². The average molecular weight is 645 g/mol. The number of nitrogens with zero attached hydrogens (tertiary/aromatic N) is 4. The van der Waals surface area contributed by atoms with Crippen molar-refractivity contribution in [2.45, 2.75) is 31.9 Å². The quantitative estimate of drug-likeness (QED) is 0.257. The van der Waals surface area contributed by atoms with E-state index in [0.717, 1.165) is 32.1 Å². The van der Waals surface area contributed by atoms with Crippen LogP contribution in [0, 0.1) is 22.7 Å². The maximum absolute atomic E-state index is 12.0. The fourth-order valence-electron chi connectivity index (χ4n) is 2.37. The van der Waals surface area contributed by atoms with Crippen LogP contribution >= 0.6 is 40.0 Å². The first kappa shape index (κ1) is 26.6. The SMILES string of the molecule is N#C/C=C\N1CCCC1.N#CC(=CN1CCCC1)C(=O)C(F)(F)F.[I][V][I]. The molecule has 0 aromatic carbocycles. The molecular formula is C16H19F3I2N4OV. The first-order valence-electron chi connectivity index (χ1n) is 8.00. The molecule has 0 aromatic rings. The van der Waals surface area contributed by atoms with E-state index in [1.54, 1.807) is 4.90 Å². The number of likely N-dealkylation sites (tertiary alicyclic amines) is 2. The fraction of sp³-hybridized carbons (Fsp3) is 0.562. The zero-order chi connectivity index (χ0) is 20.7. The minimum atomic E-state index is -4.97. The van der Waals surface area contributed by atoms with Crippen molar-refractivity contribution in [1.82, 2.24) is 9.80 Å². The van der Waals surface area contributed by atoms with Crippen molar-refractivity contribution in [2.75, 3.05) is 26.2 Å². The van der Waals surface area contributed by atoms with Gasteiger partial charge < -0.3 is 9.80 Å². The Morgan fingerprint density at radius 2 is 1.44 bits per heavy atom.